The number of halogens is 1. The van der Waals surface area contributed by atoms with Crippen molar-refractivity contribution < 1.29 is 18.7 Å². The summed E-state index contributed by atoms with van der Waals surface area (Å²) in [5, 5.41) is 4.55. The molecule has 7 heteroatoms. The molecule has 37 heavy (non-hydrogen) atoms. The molecule has 0 atom stereocenters. The predicted molar refractivity (Wildman–Crippen MR) is 140 cm³/mol. The highest BCUT2D eigenvalue weighted by Gasteiger charge is 2.38. The van der Waals surface area contributed by atoms with E-state index in [1.807, 2.05) is 60.5 Å². The van der Waals surface area contributed by atoms with Crippen LogP contribution in [0.3, 0.4) is 0 Å². The number of ketones is 1. The van der Waals surface area contributed by atoms with Gasteiger partial charge in [0.05, 0.1) is 5.69 Å². The van der Waals surface area contributed by atoms with E-state index in [9.17, 15) is 14.0 Å². The third-order valence-corrected chi connectivity index (χ3v) is 6.66. The summed E-state index contributed by atoms with van der Waals surface area (Å²) in [7, 11) is 1.92. The molecule has 0 aliphatic carbocycles. The van der Waals surface area contributed by atoms with Crippen LogP contribution in [0.1, 0.15) is 29.8 Å². The van der Waals surface area contributed by atoms with Crippen LogP contribution in [0.5, 0.6) is 0 Å². The maximum atomic E-state index is 13.5. The molecule has 0 spiro atoms. The van der Waals surface area contributed by atoms with Gasteiger partial charge in [-0.15, -0.1) is 0 Å². The number of aromatic nitrogens is 2. The molecule has 1 aromatic heterocycles. The minimum Gasteiger partial charge on any atom is -0.454 e. The number of hydrogen-bond donors (Lipinski definition) is 0. The second-order valence-corrected chi connectivity index (χ2v) is 9.45. The number of benzene rings is 3. The number of carbonyl (C=O) groups excluding carboxylic acids is 2. The van der Waals surface area contributed by atoms with Crippen molar-refractivity contribution in [2.75, 3.05) is 18.6 Å². The summed E-state index contributed by atoms with van der Waals surface area (Å²) in [4.78, 5) is 28.0. The lowest BCUT2D eigenvalue weighted by Gasteiger charge is -2.23. The number of fused-ring (bicyclic) bond motifs is 1. The number of hydrogen-bond acceptors (Lipinski definition) is 5. The first-order valence-electron chi connectivity index (χ1n) is 11.9. The molecule has 0 saturated carbocycles. The standard InChI is InChI=1S/C30H26FN3O3/c1-30(2)25-11-7-8-12-26(25)33(3)27(30)17-23(35)19-37-29(36)24-18-34(22-9-5-4-6-10-22)32-28(24)20-13-15-21(31)16-14-20/h4-18H,19H2,1-3H3. The highest BCUT2D eigenvalue weighted by molar-refractivity contribution is 5.99. The van der Waals surface area contributed by atoms with E-state index in [1.54, 1.807) is 29.1 Å². The molecule has 186 valence electrons. The Kier molecular flexibility index (Phi) is 6.21. The molecular weight excluding hydrogens is 469 g/mol. The zero-order chi connectivity index (χ0) is 26.2. The van der Waals surface area contributed by atoms with Crippen molar-refractivity contribution in [3.63, 3.8) is 0 Å². The fourth-order valence-corrected chi connectivity index (χ4v) is 4.72. The third-order valence-electron chi connectivity index (χ3n) is 6.66. The van der Waals surface area contributed by atoms with Gasteiger partial charge < -0.3 is 9.64 Å². The smallest absolute Gasteiger partial charge is 0.342 e. The highest BCUT2D eigenvalue weighted by atomic mass is 19.1. The number of allylic oxidation sites excluding steroid dienone is 1. The van der Waals surface area contributed by atoms with Gasteiger partial charge in [0.15, 0.2) is 12.4 Å². The molecule has 3 aromatic carbocycles. The summed E-state index contributed by atoms with van der Waals surface area (Å²) in [6.45, 7) is 3.71. The molecular formula is C30H26FN3O3. The zero-order valence-electron chi connectivity index (χ0n) is 20.8. The second kappa shape index (κ2) is 9.50. The van der Waals surface area contributed by atoms with Gasteiger partial charge in [0, 0.05) is 41.7 Å². The van der Waals surface area contributed by atoms with Crippen LogP contribution < -0.4 is 4.90 Å². The monoisotopic (exact) mass is 495 g/mol. The summed E-state index contributed by atoms with van der Waals surface area (Å²) in [5.74, 6) is -1.40. The van der Waals surface area contributed by atoms with Gasteiger partial charge in [-0.1, -0.05) is 50.2 Å². The van der Waals surface area contributed by atoms with Crippen LogP contribution in [0, 0.1) is 5.82 Å². The largest absolute Gasteiger partial charge is 0.454 e. The first kappa shape index (κ1) is 24.2. The van der Waals surface area contributed by atoms with Crippen molar-refractivity contribution in [1.29, 1.82) is 0 Å². The number of nitrogens with zero attached hydrogens (tertiary/aromatic N) is 3. The second-order valence-electron chi connectivity index (χ2n) is 9.45. The number of likely N-dealkylation sites (N-methyl/N-ethyl adjacent to an activating group) is 1. The van der Waals surface area contributed by atoms with Crippen LogP contribution in [0.25, 0.3) is 16.9 Å². The number of rotatable bonds is 6. The molecule has 6 nitrogen and oxygen atoms in total. The van der Waals surface area contributed by atoms with Gasteiger partial charge in [-0.25, -0.2) is 13.9 Å². The van der Waals surface area contributed by atoms with Gasteiger partial charge in [-0.2, -0.15) is 5.10 Å². The summed E-state index contributed by atoms with van der Waals surface area (Å²) in [6.07, 6.45) is 3.10. The average molecular weight is 496 g/mol. The van der Waals surface area contributed by atoms with Crippen molar-refractivity contribution in [2.45, 2.75) is 19.3 Å². The van der Waals surface area contributed by atoms with E-state index in [1.165, 1.54) is 12.1 Å². The van der Waals surface area contributed by atoms with Gasteiger partial charge in [-0.3, -0.25) is 4.79 Å². The van der Waals surface area contributed by atoms with E-state index < -0.39 is 18.4 Å². The van der Waals surface area contributed by atoms with E-state index in [0.717, 1.165) is 22.6 Å². The van der Waals surface area contributed by atoms with E-state index in [2.05, 4.69) is 25.0 Å². The number of anilines is 1. The minimum absolute atomic E-state index is 0.182. The highest BCUT2D eigenvalue weighted by Crippen LogP contribution is 2.46. The molecule has 0 saturated heterocycles. The molecule has 1 aliphatic heterocycles. The van der Waals surface area contributed by atoms with Crippen molar-refractivity contribution in [3.05, 3.63) is 114 Å². The molecule has 5 rings (SSSR count). The number of para-hydroxylation sites is 2. The number of esters is 1. The molecule has 2 heterocycles. The minimum atomic E-state index is -0.685. The predicted octanol–water partition coefficient (Wildman–Crippen LogP) is 5.72. The van der Waals surface area contributed by atoms with Crippen LogP contribution in [0.15, 0.2) is 96.8 Å². The Labute approximate surface area is 214 Å². The van der Waals surface area contributed by atoms with Crippen LogP contribution >= 0.6 is 0 Å². The maximum Gasteiger partial charge on any atom is 0.342 e. The van der Waals surface area contributed by atoms with Crippen LogP contribution in [-0.2, 0) is 14.9 Å². The first-order valence-corrected chi connectivity index (χ1v) is 11.9. The normalized spacial score (nSPS) is 15.0. The summed E-state index contributed by atoms with van der Waals surface area (Å²) >= 11 is 0. The Hall–Kier alpha value is -4.52. The van der Waals surface area contributed by atoms with E-state index in [4.69, 9.17) is 4.74 Å². The Bertz CT molecular complexity index is 1500. The Morgan fingerprint density at radius 1 is 0.973 bits per heavy atom. The summed E-state index contributed by atoms with van der Waals surface area (Å²) < 4.78 is 20.5. The Morgan fingerprint density at radius 3 is 2.35 bits per heavy atom. The lowest BCUT2D eigenvalue weighted by molar-refractivity contribution is -0.117. The van der Waals surface area contributed by atoms with Gasteiger partial charge in [-0.05, 0) is 48.0 Å². The van der Waals surface area contributed by atoms with Crippen molar-refractivity contribution in [1.82, 2.24) is 9.78 Å². The SMILES string of the molecule is CN1C(=CC(=O)COC(=O)c2cn(-c3ccccc3)nc2-c2ccc(F)cc2)C(C)(C)c2ccccc21. The fourth-order valence-electron chi connectivity index (χ4n) is 4.72. The maximum absolute atomic E-state index is 13.5. The Balaban J connectivity index is 1.39. The summed E-state index contributed by atoms with van der Waals surface area (Å²) in [5.41, 5.74) is 4.47. The van der Waals surface area contributed by atoms with Crippen molar-refractivity contribution in [2.24, 2.45) is 0 Å². The molecule has 0 bridgehead atoms. The molecule has 4 aromatic rings. The van der Waals surface area contributed by atoms with Gasteiger partial charge in [0.2, 0.25) is 0 Å². The Morgan fingerprint density at radius 2 is 1.65 bits per heavy atom. The first-order chi connectivity index (χ1) is 17.8. The van der Waals surface area contributed by atoms with Gasteiger partial charge in [0.1, 0.15) is 17.1 Å². The number of ether oxygens (including phenoxy) is 1. The van der Waals surface area contributed by atoms with Crippen LogP contribution in [0.2, 0.25) is 0 Å². The van der Waals surface area contributed by atoms with Crippen molar-refractivity contribution in [3.8, 4) is 16.9 Å². The van der Waals surface area contributed by atoms with Crippen molar-refractivity contribution >= 4 is 17.4 Å². The van der Waals surface area contributed by atoms with Crippen LogP contribution in [-0.4, -0.2) is 35.2 Å². The quantitative estimate of drug-likeness (QED) is 0.253. The molecule has 0 fully saturated rings. The van der Waals surface area contributed by atoms with Gasteiger partial charge in [0.25, 0.3) is 0 Å². The fraction of sp³-hybridized carbons (Fsp3) is 0.167. The van der Waals surface area contributed by atoms with Gasteiger partial charge >= 0.3 is 5.97 Å². The lowest BCUT2D eigenvalue weighted by atomic mass is 9.83. The average Bonchev–Trinajstić information content (AvgIpc) is 3.43. The van der Waals surface area contributed by atoms with Crippen LogP contribution in [0.4, 0.5) is 10.1 Å². The zero-order valence-corrected chi connectivity index (χ0v) is 20.8. The van der Waals surface area contributed by atoms with E-state index >= 15 is 0 Å². The van der Waals surface area contributed by atoms with E-state index in [-0.39, 0.29) is 16.8 Å². The molecule has 0 N–H and O–H groups in total. The molecule has 1 aliphatic rings. The topological polar surface area (TPSA) is 64.4 Å². The summed E-state index contributed by atoms with van der Waals surface area (Å²) in [6, 6.07) is 23.0. The molecule has 0 radical (unpaired) electrons. The molecule has 0 amide bonds. The lowest BCUT2D eigenvalue weighted by Crippen LogP contribution is -2.25. The third kappa shape index (κ3) is 4.56. The van der Waals surface area contributed by atoms with E-state index in [0.29, 0.717) is 11.3 Å². The number of carbonyl (C=O) groups is 2. The molecule has 0 unspecified atom stereocenters.